The molecule has 0 fully saturated rings. The van der Waals surface area contributed by atoms with Crippen LogP contribution >= 0.6 is 15.9 Å². The summed E-state index contributed by atoms with van der Waals surface area (Å²) < 4.78 is 6.65. The van der Waals surface area contributed by atoms with Crippen molar-refractivity contribution in [3.63, 3.8) is 0 Å². The van der Waals surface area contributed by atoms with Gasteiger partial charge in [-0.25, -0.2) is 10.4 Å². The highest BCUT2D eigenvalue weighted by Gasteiger charge is 2.13. The fourth-order valence-corrected chi connectivity index (χ4v) is 4.41. The number of ether oxygens (including phenoxy) is 1. The average Bonchev–Trinajstić information content (AvgIpc) is 2.97. The van der Waals surface area contributed by atoms with Crippen molar-refractivity contribution in [2.75, 3.05) is 0 Å². The van der Waals surface area contributed by atoms with Crippen LogP contribution in [0, 0.1) is 11.3 Å². The second kappa shape index (κ2) is 11.5. The number of carbonyl (C=O) groups is 1. The second-order valence-corrected chi connectivity index (χ2v) is 9.28. The molecule has 0 atom stereocenters. The van der Waals surface area contributed by atoms with Gasteiger partial charge in [-0.15, -0.1) is 0 Å². The summed E-state index contributed by atoms with van der Waals surface area (Å²) in [6, 6.07) is 34.0. The standard InChI is InChI=1S/C31H21BrN4O2/c32-27-16-23(14-15-30(27)38-20-22-12-10-21(18-33)11-13-22)19-34-36-31(37)26-17-29(24-6-2-1-3-7-24)35-28-9-5-4-8-25(26)28/h1-17,19H,20H2,(H,36,37)/b34-19-. The summed E-state index contributed by atoms with van der Waals surface area (Å²) in [6.45, 7) is 0.374. The van der Waals surface area contributed by atoms with Gasteiger partial charge in [0, 0.05) is 10.9 Å². The number of nitriles is 1. The second-order valence-electron chi connectivity index (χ2n) is 8.42. The third-order valence-corrected chi connectivity index (χ3v) is 6.46. The molecular weight excluding hydrogens is 540 g/mol. The molecule has 6 nitrogen and oxygen atoms in total. The fourth-order valence-electron chi connectivity index (χ4n) is 3.90. The first kappa shape index (κ1) is 24.9. The van der Waals surface area contributed by atoms with Crippen LogP contribution < -0.4 is 10.2 Å². The lowest BCUT2D eigenvalue weighted by molar-refractivity contribution is 0.0956. The van der Waals surface area contributed by atoms with Gasteiger partial charge in [-0.2, -0.15) is 10.4 Å². The Hall–Kier alpha value is -4.80. The Morgan fingerprint density at radius 3 is 2.50 bits per heavy atom. The van der Waals surface area contributed by atoms with Crippen molar-refractivity contribution < 1.29 is 9.53 Å². The SMILES string of the molecule is N#Cc1ccc(COc2ccc(/C=N\NC(=O)c3cc(-c4ccccc4)nc4ccccc34)cc2Br)cc1. The average molecular weight is 561 g/mol. The molecule has 0 aliphatic carbocycles. The Morgan fingerprint density at radius 2 is 1.74 bits per heavy atom. The van der Waals surface area contributed by atoms with Crippen LogP contribution in [0.25, 0.3) is 22.2 Å². The zero-order valence-corrected chi connectivity index (χ0v) is 21.7. The van der Waals surface area contributed by atoms with Crippen LogP contribution in [-0.4, -0.2) is 17.1 Å². The number of aromatic nitrogens is 1. The summed E-state index contributed by atoms with van der Waals surface area (Å²) in [4.78, 5) is 17.8. The number of benzene rings is 4. The van der Waals surface area contributed by atoms with E-state index in [1.54, 1.807) is 24.4 Å². The van der Waals surface area contributed by atoms with E-state index in [-0.39, 0.29) is 5.91 Å². The third kappa shape index (κ3) is 5.77. The van der Waals surface area contributed by atoms with Crippen molar-refractivity contribution in [2.24, 2.45) is 5.10 Å². The number of nitrogens with zero attached hydrogens (tertiary/aromatic N) is 3. The maximum absolute atomic E-state index is 13.1. The van der Waals surface area contributed by atoms with E-state index >= 15 is 0 Å². The molecule has 4 aromatic carbocycles. The van der Waals surface area contributed by atoms with Crippen LogP contribution in [0.4, 0.5) is 0 Å². The molecule has 0 unspecified atom stereocenters. The molecule has 1 amide bonds. The lowest BCUT2D eigenvalue weighted by Crippen LogP contribution is -2.18. The molecule has 0 spiro atoms. The highest BCUT2D eigenvalue weighted by molar-refractivity contribution is 9.10. The van der Waals surface area contributed by atoms with Gasteiger partial charge in [-0.05, 0) is 69.5 Å². The number of fused-ring (bicyclic) bond motifs is 1. The first-order valence-corrected chi connectivity index (χ1v) is 12.6. The third-order valence-electron chi connectivity index (χ3n) is 5.84. The minimum atomic E-state index is -0.321. The van der Waals surface area contributed by atoms with Crippen molar-refractivity contribution in [1.82, 2.24) is 10.4 Å². The topological polar surface area (TPSA) is 87.4 Å². The predicted molar refractivity (Wildman–Crippen MR) is 152 cm³/mol. The van der Waals surface area contributed by atoms with E-state index in [4.69, 9.17) is 15.0 Å². The highest BCUT2D eigenvalue weighted by atomic mass is 79.9. The zero-order valence-electron chi connectivity index (χ0n) is 20.1. The minimum absolute atomic E-state index is 0.321. The van der Waals surface area contributed by atoms with Gasteiger partial charge in [0.1, 0.15) is 12.4 Å². The molecule has 1 N–H and O–H groups in total. The number of para-hydroxylation sites is 1. The van der Waals surface area contributed by atoms with Crippen LogP contribution in [0.5, 0.6) is 5.75 Å². The van der Waals surface area contributed by atoms with E-state index in [2.05, 4.69) is 32.5 Å². The fraction of sp³-hybridized carbons (Fsp3) is 0.0323. The summed E-state index contributed by atoms with van der Waals surface area (Å²) in [5.74, 6) is 0.353. The smallest absolute Gasteiger partial charge is 0.272 e. The van der Waals surface area contributed by atoms with Crippen LogP contribution in [0.2, 0.25) is 0 Å². The number of pyridine rings is 1. The van der Waals surface area contributed by atoms with Crippen LogP contribution in [0.3, 0.4) is 0 Å². The molecule has 5 aromatic rings. The van der Waals surface area contributed by atoms with Crippen LogP contribution in [0.1, 0.15) is 27.0 Å². The van der Waals surface area contributed by atoms with Gasteiger partial charge in [0.2, 0.25) is 0 Å². The summed E-state index contributed by atoms with van der Waals surface area (Å²) in [5.41, 5.74) is 7.89. The number of hydrogen-bond donors (Lipinski definition) is 1. The van der Waals surface area contributed by atoms with Crippen molar-refractivity contribution in [1.29, 1.82) is 5.26 Å². The first-order valence-electron chi connectivity index (χ1n) is 11.8. The summed E-state index contributed by atoms with van der Waals surface area (Å²) in [6.07, 6.45) is 1.58. The minimum Gasteiger partial charge on any atom is -0.488 e. The Bertz CT molecular complexity index is 1680. The van der Waals surface area contributed by atoms with Crippen LogP contribution in [0.15, 0.2) is 113 Å². The summed E-state index contributed by atoms with van der Waals surface area (Å²) in [5, 5.41) is 13.9. The normalized spacial score (nSPS) is 10.8. The maximum atomic E-state index is 13.1. The lowest BCUT2D eigenvalue weighted by Gasteiger charge is -2.09. The molecule has 184 valence electrons. The summed E-state index contributed by atoms with van der Waals surface area (Å²) >= 11 is 3.53. The van der Waals surface area contributed by atoms with Gasteiger partial charge in [0.05, 0.1) is 39.1 Å². The molecule has 0 bridgehead atoms. The maximum Gasteiger partial charge on any atom is 0.272 e. The quantitative estimate of drug-likeness (QED) is 0.173. The van der Waals surface area contributed by atoms with E-state index in [9.17, 15) is 4.79 Å². The summed E-state index contributed by atoms with van der Waals surface area (Å²) in [7, 11) is 0. The number of rotatable bonds is 7. The number of halogens is 1. The number of amides is 1. The van der Waals surface area contributed by atoms with Crippen molar-refractivity contribution >= 4 is 39.0 Å². The molecule has 1 aromatic heterocycles. The van der Waals surface area contributed by atoms with E-state index in [0.717, 1.165) is 37.8 Å². The van der Waals surface area contributed by atoms with Gasteiger partial charge in [-0.3, -0.25) is 4.79 Å². The number of hydrazone groups is 1. The van der Waals surface area contributed by atoms with E-state index in [1.807, 2.05) is 84.9 Å². The predicted octanol–water partition coefficient (Wildman–Crippen LogP) is 6.88. The van der Waals surface area contributed by atoms with Gasteiger partial charge in [-0.1, -0.05) is 60.7 Å². The first-order chi connectivity index (χ1) is 18.6. The molecule has 7 heteroatoms. The Balaban J connectivity index is 1.28. The lowest BCUT2D eigenvalue weighted by atomic mass is 10.0. The number of carbonyl (C=O) groups excluding carboxylic acids is 1. The molecular formula is C31H21BrN4O2. The van der Waals surface area contributed by atoms with Crippen molar-refractivity contribution in [3.8, 4) is 23.1 Å². The molecule has 0 aliphatic heterocycles. The Labute approximate surface area is 228 Å². The van der Waals surface area contributed by atoms with Crippen molar-refractivity contribution in [3.05, 3.63) is 130 Å². The molecule has 0 radical (unpaired) electrons. The Morgan fingerprint density at radius 1 is 0.974 bits per heavy atom. The zero-order chi connectivity index (χ0) is 26.3. The monoisotopic (exact) mass is 560 g/mol. The Kier molecular flexibility index (Phi) is 7.53. The molecule has 38 heavy (non-hydrogen) atoms. The van der Waals surface area contributed by atoms with Gasteiger partial charge >= 0.3 is 0 Å². The number of hydrogen-bond acceptors (Lipinski definition) is 5. The van der Waals surface area contributed by atoms with Crippen molar-refractivity contribution in [2.45, 2.75) is 6.61 Å². The van der Waals surface area contributed by atoms with E-state index < -0.39 is 0 Å². The van der Waals surface area contributed by atoms with Gasteiger partial charge in [0.25, 0.3) is 5.91 Å². The molecule has 5 rings (SSSR count). The highest BCUT2D eigenvalue weighted by Crippen LogP contribution is 2.27. The largest absolute Gasteiger partial charge is 0.488 e. The van der Waals surface area contributed by atoms with E-state index in [0.29, 0.717) is 23.5 Å². The van der Waals surface area contributed by atoms with E-state index in [1.165, 1.54) is 0 Å². The van der Waals surface area contributed by atoms with Crippen LogP contribution in [-0.2, 0) is 6.61 Å². The van der Waals surface area contributed by atoms with Gasteiger partial charge < -0.3 is 4.74 Å². The molecule has 0 saturated heterocycles. The molecule has 0 aliphatic rings. The molecule has 0 saturated carbocycles. The molecule has 1 heterocycles. The number of nitrogens with one attached hydrogen (secondary N) is 1. The van der Waals surface area contributed by atoms with Gasteiger partial charge in [0.15, 0.2) is 0 Å².